The van der Waals surface area contributed by atoms with Gasteiger partial charge in [0.25, 0.3) is 5.91 Å². The maximum atomic E-state index is 11.9. The number of nitrogens with one attached hydrogen (secondary N) is 1. The van der Waals surface area contributed by atoms with Gasteiger partial charge >= 0.3 is 0 Å². The van der Waals surface area contributed by atoms with Crippen molar-refractivity contribution < 1.29 is 4.79 Å². The van der Waals surface area contributed by atoms with E-state index in [2.05, 4.69) is 15.2 Å². The number of thiazole rings is 1. The summed E-state index contributed by atoms with van der Waals surface area (Å²) in [5.74, 6) is -0.131. The van der Waals surface area contributed by atoms with Crippen molar-refractivity contribution in [1.82, 2.24) is 4.98 Å². The van der Waals surface area contributed by atoms with Gasteiger partial charge in [0.1, 0.15) is 5.00 Å². The minimum atomic E-state index is -0.131. The van der Waals surface area contributed by atoms with Crippen LogP contribution in [0.1, 0.15) is 22.5 Å². The van der Waals surface area contributed by atoms with Crippen molar-refractivity contribution in [2.45, 2.75) is 12.8 Å². The molecule has 3 heterocycles. The van der Waals surface area contributed by atoms with Gasteiger partial charge in [-0.05, 0) is 24.3 Å². The molecule has 3 rings (SSSR count). The maximum absolute atomic E-state index is 11.9. The van der Waals surface area contributed by atoms with Crippen molar-refractivity contribution in [3.8, 4) is 0 Å². The fourth-order valence-corrected chi connectivity index (χ4v) is 3.92. The van der Waals surface area contributed by atoms with Gasteiger partial charge in [-0.15, -0.1) is 11.3 Å². The second kappa shape index (κ2) is 5.48. The summed E-state index contributed by atoms with van der Waals surface area (Å²) in [5, 5.41) is 6.67. The Morgan fingerprint density at radius 2 is 2.21 bits per heavy atom. The van der Waals surface area contributed by atoms with E-state index in [0.717, 1.165) is 18.1 Å². The Hall–Kier alpha value is -1.11. The van der Waals surface area contributed by atoms with Crippen molar-refractivity contribution in [1.29, 1.82) is 0 Å². The summed E-state index contributed by atoms with van der Waals surface area (Å²) in [6.45, 7) is 2.03. The van der Waals surface area contributed by atoms with Crippen LogP contribution >= 0.6 is 34.3 Å². The molecule has 7 heteroatoms. The van der Waals surface area contributed by atoms with E-state index in [-0.39, 0.29) is 5.91 Å². The zero-order valence-electron chi connectivity index (χ0n) is 10.1. The second-order valence-electron chi connectivity index (χ2n) is 4.24. The number of aromatic nitrogens is 1. The molecule has 100 valence electrons. The first-order valence-corrected chi connectivity index (χ1v) is 8.07. The number of carbonyl (C=O) groups is 1. The zero-order chi connectivity index (χ0) is 13.2. The van der Waals surface area contributed by atoms with Gasteiger partial charge in [-0.3, -0.25) is 10.1 Å². The van der Waals surface area contributed by atoms with Crippen LogP contribution in [-0.2, 0) is 0 Å². The number of carbonyl (C=O) groups excluding carboxylic acids is 1. The molecule has 2 aromatic heterocycles. The van der Waals surface area contributed by atoms with Gasteiger partial charge in [0, 0.05) is 13.1 Å². The van der Waals surface area contributed by atoms with E-state index in [1.165, 1.54) is 35.5 Å². The van der Waals surface area contributed by atoms with Gasteiger partial charge in [0.05, 0.1) is 4.88 Å². The topological polar surface area (TPSA) is 45.2 Å². The van der Waals surface area contributed by atoms with Crippen LogP contribution in [0.5, 0.6) is 0 Å². The Morgan fingerprint density at radius 1 is 1.42 bits per heavy atom. The lowest BCUT2D eigenvalue weighted by Gasteiger charge is -2.13. The Labute approximate surface area is 124 Å². The zero-order valence-corrected chi connectivity index (χ0v) is 12.4. The molecule has 19 heavy (non-hydrogen) atoms. The summed E-state index contributed by atoms with van der Waals surface area (Å²) in [5.41, 5.74) is 0. The number of anilines is 2. The summed E-state index contributed by atoms with van der Waals surface area (Å²) in [6.07, 6.45) is 2.37. The molecule has 1 fully saturated rings. The molecule has 1 aliphatic heterocycles. The third-order valence-electron chi connectivity index (χ3n) is 2.93. The summed E-state index contributed by atoms with van der Waals surface area (Å²) < 4.78 is 0. The van der Waals surface area contributed by atoms with Gasteiger partial charge in [-0.25, -0.2) is 4.98 Å². The number of halogens is 1. The predicted molar refractivity (Wildman–Crippen MR) is 80.8 cm³/mol. The molecule has 0 bridgehead atoms. The minimum absolute atomic E-state index is 0.131. The molecule has 1 N–H and O–H groups in total. The highest BCUT2D eigenvalue weighted by molar-refractivity contribution is 7.20. The van der Waals surface area contributed by atoms with Crippen molar-refractivity contribution in [3.63, 3.8) is 0 Å². The molecule has 2 aromatic rings. The van der Waals surface area contributed by atoms with Crippen LogP contribution in [0.3, 0.4) is 0 Å². The molecule has 0 radical (unpaired) electrons. The van der Waals surface area contributed by atoms with Crippen LogP contribution in [0, 0.1) is 0 Å². The van der Waals surface area contributed by atoms with Crippen molar-refractivity contribution in [3.05, 3.63) is 27.5 Å². The van der Waals surface area contributed by atoms with E-state index in [9.17, 15) is 4.79 Å². The van der Waals surface area contributed by atoms with Crippen LogP contribution in [0.25, 0.3) is 0 Å². The van der Waals surface area contributed by atoms with Crippen LogP contribution in [0.15, 0.2) is 17.5 Å². The number of hydrogen-bond donors (Lipinski definition) is 1. The summed E-state index contributed by atoms with van der Waals surface area (Å²) in [7, 11) is 0. The average Bonchev–Trinajstić information content (AvgIpc) is 3.09. The first-order valence-electron chi connectivity index (χ1n) is 6.00. The molecule has 0 spiro atoms. The summed E-state index contributed by atoms with van der Waals surface area (Å²) >= 11 is 8.99. The van der Waals surface area contributed by atoms with Crippen LogP contribution < -0.4 is 10.2 Å². The van der Waals surface area contributed by atoms with Crippen LogP contribution in [-0.4, -0.2) is 24.0 Å². The quantitative estimate of drug-likeness (QED) is 0.939. The average molecular weight is 314 g/mol. The monoisotopic (exact) mass is 313 g/mol. The molecule has 0 aromatic carbocycles. The highest BCUT2D eigenvalue weighted by Gasteiger charge is 2.20. The first-order chi connectivity index (χ1) is 9.24. The summed E-state index contributed by atoms with van der Waals surface area (Å²) in [4.78, 5) is 19.0. The van der Waals surface area contributed by atoms with Crippen LogP contribution in [0.4, 0.5) is 10.1 Å². The first kappa shape index (κ1) is 12.9. The third-order valence-corrected chi connectivity index (χ3v) is 5.20. The molecule has 1 amide bonds. The highest BCUT2D eigenvalue weighted by Crippen LogP contribution is 2.37. The normalized spacial score (nSPS) is 14.9. The SMILES string of the molecule is O=C(Nc1nc(Cl)c(N2CCCC2)s1)c1cccs1. The lowest BCUT2D eigenvalue weighted by molar-refractivity contribution is 0.103. The largest absolute Gasteiger partial charge is 0.361 e. The van der Waals surface area contributed by atoms with Gasteiger partial charge < -0.3 is 4.90 Å². The Bertz CT molecular complexity index is 576. The smallest absolute Gasteiger partial charge is 0.267 e. The van der Waals surface area contributed by atoms with E-state index < -0.39 is 0 Å². The molecular weight excluding hydrogens is 302 g/mol. The van der Waals surface area contributed by atoms with Gasteiger partial charge in [0.15, 0.2) is 10.3 Å². The van der Waals surface area contributed by atoms with E-state index >= 15 is 0 Å². The Kier molecular flexibility index (Phi) is 3.72. The van der Waals surface area contributed by atoms with Crippen molar-refractivity contribution in [2.75, 3.05) is 23.3 Å². The van der Waals surface area contributed by atoms with E-state index in [0.29, 0.717) is 15.2 Å². The van der Waals surface area contributed by atoms with Crippen LogP contribution in [0.2, 0.25) is 5.15 Å². The van der Waals surface area contributed by atoms with E-state index in [1.807, 2.05) is 11.4 Å². The number of hydrogen-bond acceptors (Lipinski definition) is 5. The molecule has 0 atom stereocenters. The van der Waals surface area contributed by atoms with Gasteiger partial charge in [0.2, 0.25) is 0 Å². The lowest BCUT2D eigenvalue weighted by Crippen LogP contribution is -2.16. The minimum Gasteiger partial charge on any atom is -0.361 e. The maximum Gasteiger partial charge on any atom is 0.267 e. The molecule has 4 nitrogen and oxygen atoms in total. The highest BCUT2D eigenvalue weighted by atomic mass is 35.5. The van der Waals surface area contributed by atoms with Crippen molar-refractivity contribution in [2.24, 2.45) is 0 Å². The Balaban J connectivity index is 1.75. The van der Waals surface area contributed by atoms with E-state index in [4.69, 9.17) is 11.6 Å². The lowest BCUT2D eigenvalue weighted by atomic mass is 10.4. The standard InChI is InChI=1S/C12H12ClN3OS2/c13-9-11(16-5-1-2-6-16)19-12(14-9)15-10(17)8-4-3-7-18-8/h3-4,7H,1-2,5-6H2,(H,14,15,17). The number of nitrogens with zero attached hydrogens (tertiary/aromatic N) is 2. The van der Waals surface area contributed by atoms with E-state index in [1.54, 1.807) is 6.07 Å². The number of thiophene rings is 1. The Morgan fingerprint density at radius 3 is 2.89 bits per heavy atom. The predicted octanol–water partition coefficient (Wildman–Crippen LogP) is 3.71. The number of amides is 1. The molecule has 0 aliphatic carbocycles. The molecule has 0 saturated carbocycles. The molecule has 1 saturated heterocycles. The fraction of sp³-hybridized carbons (Fsp3) is 0.333. The van der Waals surface area contributed by atoms with Gasteiger partial charge in [-0.1, -0.05) is 29.0 Å². The number of rotatable bonds is 3. The van der Waals surface area contributed by atoms with Gasteiger partial charge in [-0.2, -0.15) is 0 Å². The third kappa shape index (κ3) is 2.75. The summed E-state index contributed by atoms with van der Waals surface area (Å²) in [6, 6.07) is 3.64. The molecular formula is C12H12ClN3OS2. The molecule has 1 aliphatic rings. The second-order valence-corrected chi connectivity index (χ2v) is 6.52. The molecule has 0 unspecified atom stereocenters. The fourth-order valence-electron chi connectivity index (χ4n) is 2.03. The van der Waals surface area contributed by atoms with Crippen molar-refractivity contribution >= 4 is 50.3 Å².